The van der Waals surface area contributed by atoms with Crippen LogP contribution in [0.25, 0.3) is 0 Å². The Kier molecular flexibility index (Phi) is 4.40. The molecule has 1 aromatic heterocycles. The van der Waals surface area contributed by atoms with Gasteiger partial charge in [-0.25, -0.2) is 0 Å². The second-order valence-electron chi connectivity index (χ2n) is 4.79. The van der Waals surface area contributed by atoms with E-state index in [0.717, 1.165) is 23.4 Å². The number of aromatic nitrogens is 2. The zero-order valence-electron chi connectivity index (χ0n) is 12.1. The van der Waals surface area contributed by atoms with Gasteiger partial charge in [-0.05, 0) is 25.1 Å². The van der Waals surface area contributed by atoms with E-state index in [1.165, 1.54) is 0 Å². The van der Waals surface area contributed by atoms with Crippen molar-refractivity contribution in [2.75, 3.05) is 18.9 Å². The molecule has 1 aromatic carbocycles. The van der Waals surface area contributed by atoms with Gasteiger partial charge in [0.25, 0.3) is 5.91 Å². The molecular formula is C15H20N4O. The lowest BCUT2D eigenvalue weighted by molar-refractivity contribution is 0.0955. The maximum absolute atomic E-state index is 12.2. The maximum atomic E-state index is 12.2. The summed E-state index contributed by atoms with van der Waals surface area (Å²) in [5.74, 6) is -0.0611. The van der Waals surface area contributed by atoms with Crippen molar-refractivity contribution in [1.82, 2.24) is 15.1 Å². The van der Waals surface area contributed by atoms with Gasteiger partial charge in [-0.15, -0.1) is 0 Å². The highest BCUT2D eigenvalue weighted by Gasteiger charge is 2.10. The van der Waals surface area contributed by atoms with Crippen LogP contribution in [0.2, 0.25) is 0 Å². The molecule has 20 heavy (non-hydrogen) atoms. The topological polar surface area (TPSA) is 59.0 Å². The smallest absolute Gasteiger partial charge is 0.253 e. The molecule has 2 aromatic rings. The van der Waals surface area contributed by atoms with Gasteiger partial charge in [-0.1, -0.05) is 11.6 Å². The second-order valence-corrected chi connectivity index (χ2v) is 4.79. The lowest BCUT2D eigenvalue weighted by atomic mass is 10.1. The first-order valence-electron chi connectivity index (χ1n) is 6.65. The number of hydrogen-bond acceptors (Lipinski definition) is 3. The Morgan fingerprint density at radius 3 is 2.80 bits per heavy atom. The summed E-state index contributed by atoms with van der Waals surface area (Å²) in [6.45, 7) is 2.55. The minimum Gasteiger partial charge on any atom is -0.387 e. The van der Waals surface area contributed by atoms with Gasteiger partial charge in [-0.2, -0.15) is 5.10 Å². The van der Waals surface area contributed by atoms with Gasteiger partial charge in [0.2, 0.25) is 0 Å². The van der Waals surface area contributed by atoms with E-state index in [0.29, 0.717) is 12.1 Å². The minimum atomic E-state index is -0.0611. The third kappa shape index (κ3) is 3.38. The van der Waals surface area contributed by atoms with Crippen molar-refractivity contribution in [2.45, 2.75) is 13.3 Å². The summed E-state index contributed by atoms with van der Waals surface area (Å²) in [7, 11) is 3.70. The highest BCUT2D eigenvalue weighted by molar-refractivity contribution is 5.99. The van der Waals surface area contributed by atoms with Gasteiger partial charge >= 0.3 is 0 Å². The fourth-order valence-electron chi connectivity index (χ4n) is 2.06. The number of hydrogen-bond donors (Lipinski definition) is 2. The van der Waals surface area contributed by atoms with E-state index in [4.69, 9.17) is 0 Å². The van der Waals surface area contributed by atoms with Crippen molar-refractivity contribution in [3.63, 3.8) is 0 Å². The number of carbonyl (C=O) groups excluding carboxylic acids is 1. The molecule has 5 heteroatoms. The molecule has 2 rings (SSSR count). The van der Waals surface area contributed by atoms with Crippen molar-refractivity contribution in [3.05, 3.63) is 47.3 Å². The number of carbonyl (C=O) groups is 1. The predicted octanol–water partition coefficient (Wildman–Crippen LogP) is 1.74. The Bertz CT molecular complexity index is 604. The Morgan fingerprint density at radius 2 is 2.15 bits per heavy atom. The number of nitrogens with one attached hydrogen (secondary N) is 2. The molecule has 106 valence electrons. The van der Waals surface area contributed by atoms with E-state index in [2.05, 4.69) is 15.7 Å². The summed E-state index contributed by atoms with van der Waals surface area (Å²) in [4.78, 5) is 12.2. The molecule has 1 heterocycles. The molecule has 0 saturated carbocycles. The molecule has 1 amide bonds. The van der Waals surface area contributed by atoms with Crippen LogP contribution in [0.5, 0.6) is 0 Å². The maximum Gasteiger partial charge on any atom is 0.253 e. The molecule has 5 nitrogen and oxygen atoms in total. The SMILES string of the molecule is CNc1ccc(C)cc1C(=O)NCCc1ccn(C)n1. The van der Waals surface area contributed by atoms with Crippen LogP contribution >= 0.6 is 0 Å². The zero-order valence-corrected chi connectivity index (χ0v) is 12.1. The molecule has 0 aliphatic carbocycles. The monoisotopic (exact) mass is 272 g/mol. The van der Waals surface area contributed by atoms with Gasteiger partial charge in [0, 0.05) is 38.9 Å². The van der Waals surface area contributed by atoms with Gasteiger partial charge in [0.1, 0.15) is 0 Å². The highest BCUT2D eigenvalue weighted by atomic mass is 16.1. The quantitative estimate of drug-likeness (QED) is 0.871. The Balaban J connectivity index is 1.96. The van der Waals surface area contributed by atoms with Crippen molar-refractivity contribution < 1.29 is 4.79 Å². The molecule has 0 saturated heterocycles. The summed E-state index contributed by atoms with van der Waals surface area (Å²) in [6, 6.07) is 7.75. The number of amides is 1. The third-order valence-corrected chi connectivity index (χ3v) is 3.12. The van der Waals surface area contributed by atoms with Crippen LogP contribution in [-0.4, -0.2) is 29.3 Å². The lowest BCUT2D eigenvalue weighted by Crippen LogP contribution is -2.26. The summed E-state index contributed by atoms with van der Waals surface area (Å²) >= 11 is 0. The van der Waals surface area contributed by atoms with Gasteiger partial charge in [0.05, 0.1) is 11.3 Å². The first-order chi connectivity index (χ1) is 9.60. The van der Waals surface area contributed by atoms with Crippen LogP contribution < -0.4 is 10.6 Å². The molecular weight excluding hydrogens is 252 g/mol. The molecule has 0 aliphatic heterocycles. The van der Waals surface area contributed by atoms with E-state index in [-0.39, 0.29) is 5.91 Å². The average Bonchev–Trinajstić information content (AvgIpc) is 2.84. The first-order valence-corrected chi connectivity index (χ1v) is 6.65. The second kappa shape index (κ2) is 6.23. The summed E-state index contributed by atoms with van der Waals surface area (Å²) in [5, 5.41) is 10.3. The molecule has 0 fully saturated rings. The van der Waals surface area contributed by atoms with Gasteiger partial charge < -0.3 is 10.6 Å². The van der Waals surface area contributed by atoms with E-state index >= 15 is 0 Å². The van der Waals surface area contributed by atoms with E-state index < -0.39 is 0 Å². The van der Waals surface area contributed by atoms with Crippen molar-refractivity contribution in [2.24, 2.45) is 7.05 Å². The molecule has 0 bridgehead atoms. The zero-order chi connectivity index (χ0) is 14.5. The van der Waals surface area contributed by atoms with Gasteiger partial charge in [0.15, 0.2) is 0 Å². The first kappa shape index (κ1) is 14.1. The van der Waals surface area contributed by atoms with E-state index in [1.54, 1.807) is 4.68 Å². The molecule has 2 N–H and O–H groups in total. The molecule has 0 aliphatic rings. The number of rotatable bonds is 5. The van der Waals surface area contributed by atoms with E-state index in [1.807, 2.05) is 51.5 Å². The predicted molar refractivity (Wildman–Crippen MR) is 80.0 cm³/mol. The highest BCUT2D eigenvalue weighted by Crippen LogP contribution is 2.16. The summed E-state index contributed by atoms with van der Waals surface area (Å²) in [5.41, 5.74) is 3.56. The Labute approximate surface area is 119 Å². The minimum absolute atomic E-state index is 0.0611. The van der Waals surface area contributed by atoms with Crippen LogP contribution in [-0.2, 0) is 13.5 Å². The number of anilines is 1. The van der Waals surface area contributed by atoms with Crippen LogP contribution in [0, 0.1) is 6.92 Å². The Hall–Kier alpha value is -2.30. The molecule has 0 spiro atoms. The normalized spacial score (nSPS) is 10.3. The fourth-order valence-corrected chi connectivity index (χ4v) is 2.06. The van der Waals surface area contributed by atoms with Crippen LogP contribution in [0.1, 0.15) is 21.6 Å². The average molecular weight is 272 g/mol. The molecule has 0 atom stereocenters. The van der Waals surface area contributed by atoms with Crippen molar-refractivity contribution in [3.8, 4) is 0 Å². The van der Waals surface area contributed by atoms with Crippen molar-refractivity contribution >= 4 is 11.6 Å². The van der Waals surface area contributed by atoms with Crippen LogP contribution in [0.4, 0.5) is 5.69 Å². The number of benzene rings is 1. The summed E-state index contributed by atoms with van der Waals surface area (Å²) < 4.78 is 1.76. The summed E-state index contributed by atoms with van der Waals surface area (Å²) in [6.07, 6.45) is 2.63. The van der Waals surface area contributed by atoms with E-state index in [9.17, 15) is 4.79 Å². The largest absolute Gasteiger partial charge is 0.387 e. The lowest BCUT2D eigenvalue weighted by Gasteiger charge is -2.10. The Morgan fingerprint density at radius 1 is 1.35 bits per heavy atom. The van der Waals surface area contributed by atoms with Crippen molar-refractivity contribution in [1.29, 1.82) is 0 Å². The van der Waals surface area contributed by atoms with Crippen LogP contribution in [0.3, 0.4) is 0 Å². The third-order valence-electron chi connectivity index (χ3n) is 3.12. The number of nitrogens with zero attached hydrogens (tertiary/aromatic N) is 2. The van der Waals surface area contributed by atoms with Crippen LogP contribution in [0.15, 0.2) is 30.5 Å². The molecule has 0 radical (unpaired) electrons. The number of aryl methyl sites for hydroxylation is 2. The van der Waals surface area contributed by atoms with Gasteiger partial charge in [-0.3, -0.25) is 9.48 Å². The molecule has 0 unspecified atom stereocenters. The standard InChI is InChI=1S/C15H20N4O/c1-11-4-5-14(16-2)13(10-11)15(20)17-8-6-12-7-9-19(3)18-12/h4-5,7,9-10,16H,6,8H2,1-3H3,(H,17,20). The fraction of sp³-hybridized carbons (Fsp3) is 0.333.